The van der Waals surface area contributed by atoms with Gasteiger partial charge >= 0.3 is 5.97 Å². The van der Waals surface area contributed by atoms with E-state index in [1.807, 2.05) is 44.2 Å². The highest BCUT2D eigenvalue weighted by molar-refractivity contribution is 7.85. The number of fused-ring (bicyclic) bond motifs is 2. The predicted molar refractivity (Wildman–Crippen MR) is 190 cm³/mol. The van der Waals surface area contributed by atoms with Gasteiger partial charge in [0, 0.05) is 59.4 Å². The number of benzene rings is 4. The fourth-order valence-corrected chi connectivity index (χ4v) is 9.92. The molecule has 0 atom stereocenters. The van der Waals surface area contributed by atoms with Gasteiger partial charge in [0.15, 0.2) is 7.14 Å². The summed E-state index contributed by atoms with van der Waals surface area (Å²) in [5.74, 6) is -1.11. The van der Waals surface area contributed by atoms with Crippen LogP contribution in [0.1, 0.15) is 71.8 Å². The summed E-state index contributed by atoms with van der Waals surface area (Å²) in [5.41, 5.74) is 7.38. The molecule has 238 valence electrons. The summed E-state index contributed by atoms with van der Waals surface area (Å²) >= 11 is 4.50. The Hall–Kier alpha value is -3.57. The number of nitrogens with zero attached hydrogens (tertiary/aromatic N) is 2. The standard InChI is InChI=1S/C36H41N2O3P.CH3ClO/c1-7-37(8-2)27-16-18-30-32(22-27)42(41,29-14-12-11-13-15-29)33-23-28(38(9-3)10-4)17-19-31(33)35(30)34-24(5)20-26(36(39)40)21-25(34)6;1-3-2/h11-23,35H,7-10H2,1-6H3,(H,39,40);1H3. The van der Waals surface area contributed by atoms with Crippen molar-refractivity contribution in [2.45, 2.75) is 47.5 Å². The van der Waals surface area contributed by atoms with Crippen molar-refractivity contribution in [1.82, 2.24) is 0 Å². The van der Waals surface area contributed by atoms with Crippen LogP contribution < -0.4 is 25.7 Å². The molecule has 0 aliphatic carbocycles. The molecule has 0 bridgehead atoms. The van der Waals surface area contributed by atoms with Crippen molar-refractivity contribution in [1.29, 1.82) is 0 Å². The third kappa shape index (κ3) is 6.42. The van der Waals surface area contributed by atoms with Gasteiger partial charge in [0.25, 0.3) is 0 Å². The summed E-state index contributed by atoms with van der Waals surface area (Å²) in [7, 11) is -1.89. The number of aromatic carboxylic acids is 1. The number of carboxylic acids is 1. The van der Waals surface area contributed by atoms with Crippen LogP contribution in [0.25, 0.3) is 0 Å². The SMILES string of the molecule is CCN(CC)c1ccc2c(c1)P(=O)(c1ccccc1)c1cc(N(CC)CC)ccc1C2c1c(C)cc(C(=O)O)cc1C.COCl. The first kappa shape index (κ1) is 34.3. The lowest BCUT2D eigenvalue weighted by Crippen LogP contribution is -2.38. The van der Waals surface area contributed by atoms with Crippen LogP contribution in [0.5, 0.6) is 0 Å². The average molecular weight is 647 g/mol. The molecule has 0 saturated carbocycles. The van der Waals surface area contributed by atoms with Crippen molar-refractivity contribution in [3.63, 3.8) is 0 Å². The van der Waals surface area contributed by atoms with Gasteiger partial charge in [-0.3, -0.25) is 4.29 Å². The van der Waals surface area contributed by atoms with Crippen LogP contribution in [0, 0.1) is 13.8 Å². The maximum absolute atomic E-state index is 16.0. The van der Waals surface area contributed by atoms with E-state index < -0.39 is 13.1 Å². The smallest absolute Gasteiger partial charge is 0.335 e. The van der Waals surface area contributed by atoms with Gasteiger partial charge in [0.2, 0.25) is 0 Å². The lowest BCUT2D eigenvalue weighted by atomic mass is 9.79. The van der Waals surface area contributed by atoms with Crippen molar-refractivity contribution < 1.29 is 18.8 Å². The summed E-state index contributed by atoms with van der Waals surface area (Å²) < 4.78 is 19.7. The van der Waals surface area contributed by atoms with E-state index in [0.29, 0.717) is 0 Å². The second-order valence-corrected chi connectivity index (χ2v) is 14.2. The summed E-state index contributed by atoms with van der Waals surface area (Å²) in [6, 6.07) is 26.4. The number of hydrogen-bond donors (Lipinski definition) is 1. The molecule has 0 amide bonds. The monoisotopic (exact) mass is 646 g/mol. The third-order valence-electron chi connectivity index (χ3n) is 8.83. The zero-order chi connectivity index (χ0) is 32.9. The van der Waals surface area contributed by atoms with Gasteiger partial charge < -0.3 is 19.5 Å². The molecule has 45 heavy (non-hydrogen) atoms. The van der Waals surface area contributed by atoms with Crippen molar-refractivity contribution in [2.24, 2.45) is 0 Å². The van der Waals surface area contributed by atoms with E-state index in [1.54, 1.807) is 12.1 Å². The fraction of sp³-hybridized carbons (Fsp3) is 0.324. The Morgan fingerprint density at radius 2 is 1.20 bits per heavy atom. The number of anilines is 2. The number of rotatable bonds is 9. The zero-order valence-electron chi connectivity index (χ0n) is 27.3. The molecule has 8 heteroatoms. The molecule has 0 saturated heterocycles. The highest BCUT2D eigenvalue weighted by atomic mass is 35.5. The first-order chi connectivity index (χ1) is 21.6. The molecule has 1 aliphatic heterocycles. The van der Waals surface area contributed by atoms with E-state index in [4.69, 9.17) is 0 Å². The summed E-state index contributed by atoms with van der Waals surface area (Å²) in [4.78, 5) is 16.5. The van der Waals surface area contributed by atoms with Gasteiger partial charge in [-0.2, -0.15) is 0 Å². The quantitative estimate of drug-likeness (QED) is 0.166. The molecular formula is C37H44ClN2O4P. The maximum atomic E-state index is 16.0. The summed E-state index contributed by atoms with van der Waals surface area (Å²) in [6.45, 7) is 16.0. The van der Waals surface area contributed by atoms with Gasteiger partial charge in [0.1, 0.15) is 0 Å². The van der Waals surface area contributed by atoms with Gasteiger partial charge in [-0.25, -0.2) is 4.79 Å². The minimum atomic E-state index is -3.28. The molecule has 0 aromatic heterocycles. The van der Waals surface area contributed by atoms with E-state index in [2.05, 4.69) is 90.0 Å². The van der Waals surface area contributed by atoms with E-state index in [9.17, 15) is 9.90 Å². The molecule has 6 nitrogen and oxygen atoms in total. The Morgan fingerprint density at radius 3 is 1.58 bits per heavy atom. The highest BCUT2D eigenvalue weighted by Crippen LogP contribution is 2.54. The van der Waals surface area contributed by atoms with E-state index in [0.717, 1.165) is 81.3 Å². The molecule has 1 aliphatic rings. The Bertz CT molecular complexity index is 1610. The second-order valence-electron chi connectivity index (χ2n) is 11.2. The fourth-order valence-electron chi connectivity index (χ4n) is 6.75. The number of hydrogen-bond acceptors (Lipinski definition) is 5. The Balaban J connectivity index is 0.00000148. The molecule has 1 N–H and O–H groups in total. The molecule has 4 aromatic rings. The van der Waals surface area contributed by atoms with E-state index in [1.165, 1.54) is 7.11 Å². The number of halogens is 1. The van der Waals surface area contributed by atoms with Crippen LogP contribution in [0.3, 0.4) is 0 Å². The Labute approximate surface area is 273 Å². The van der Waals surface area contributed by atoms with Crippen molar-refractivity contribution >= 4 is 52.3 Å². The molecule has 0 radical (unpaired) electrons. The molecule has 0 fully saturated rings. The van der Waals surface area contributed by atoms with Gasteiger partial charge in [0.05, 0.1) is 24.5 Å². The van der Waals surface area contributed by atoms with Crippen molar-refractivity contribution in [3.8, 4) is 0 Å². The van der Waals surface area contributed by atoms with Crippen molar-refractivity contribution in [2.75, 3.05) is 43.1 Å². The van der Waals surface area contributed by atoms with Crippen LogP contribution in [-0.2, 0) is 8.85 Å². The second kappa shape index (κ2) is 14.7. The minimum Gasteiger partial charge on any atom is -0.478 e. The van der Waals surface area contributed by atoms with Gasteiger partial charge in [-0.15, -0.1) is 0 Å². The number of aryl methyl sites for hydroxylation is 2. The van der Waals surface area contributed by atoms with Crippen LogP contribution in [0.2, 0.25) is 0 Å². The van der Waals surface area contributed by atoms with Gasteiger partial charge in [-0.1, -0.05) is 42.5 Å². The molecule has 5 rings (SSSR count). The number of carboxylic acid groups (broad SMARTS) is 1. The first-order valence-electron chi connectivity index (χ1n) is 15.5. The molecule has 1 heterocycles. The molecule has 0 spiro atoms. The Kier molecular flexibility index (Phi) is 11.2. The molecule has 0 unspecified atom stereocenters. The largest absolute Gasteiger partial charge is 0.478 e. The van der Waals surface area contributed by atoms with E-state index >= 15 is 4.57 Å². The summed E-state index contributed by atoms with van der Waals surface area (Å²) in [5, 5.41) is 12.3. The normalized spacial score (nSPS) is 16.6. The van der Waals surface area contributed by atoms with Gasteiger partial charge in [-0.05, 0) is 106 Å². The van der Waals surface area contributed by atoms with Crippen LogP contribution >= 0.6 is 19.0 Å². The average Bonchev–Trinajstić information content (AvgIpc) is 3.04. The minimum absolute atomic E-state index is 0.180. The van der Waals surface area contributed by atoms with Crippen molar-refractivity contribution in [3.05, 3.63) is 112 Å². The van der Waals surface area contributed by atoms with Crippen LogP contribution in [0.4, 0.5) is 11.4 Å². The lowest BCUT2D eigenvalue weighted by Gasteiger charge is -2.38. The van der Waals surface area contributed by atoms with Crippen LogP contribution in [-0.4, -0.2) is 44.4 Å². The zero-order valence-corrected chi connectivity index (χ0v) is 29.0. The third-order valence-corrected chi connectivity index (χ3v) is 12.0. The lowest BCUT2D eigenvalue weighted by molar-refractivity contribution is 0.0696. The van der Waals surface area contributed by atoms with Crippen LogP contribution in [0.15, 0.2) is 78.9 Å². The number of carbonyl (C=O) groups is 1. The first-order valence-corrected chi connectivity index (χ1v) is 17.6. The highest BCUT2D eigenvalue weighted by Gasteiger charge is 2.43. The predicted octanol–water partition coefficient (Wildman–Crippen LogP) is 7.61. The molecule has 4 aromatic carbocycles. The summed E-state index contributed by atoms with van der Waals surface area (Å²) in [6.07, 6.45) is 0. The van der Waals surface area contributed by atoms with E-state index in [-0.39, 0.29) is 11.5 Å². The molecular weight excluding hydrogens is 603 g/mol. The maximum Gasteiger partial charge on any atom is 0.335 e. The topological polar surface area (TPSA) is 70.1 Å². The Morgan fingerprint density at radius 1 is 0.778 bits per heavy atom.